The van der Waals surface area contributed by atoms with Crippen molar-refractivity contribution in [2.24, 2.45) is 0 Å². The summed E-state index contributed by atoms with van der Waals surface area (Å²) in [5, 5.41) is 4.45. The van der Waals surface area contributed by atoms with E-state index in [1.165, 1.54) is 17.7 Å². The number of rotatable bonds is 4. The van der Waals surface area contributed by atoms with Gasteiger partial charge in [-0.15, -0.1) is 0 Å². The summed E-state index contributed by atoms with van der Waals surface area (Å²) in [4.78, 5) is 0. The van der Waals surface area contributed by atoms with Gasteiger partial charge in [0.05, 0.1) is 7.11 Å². The fourth-order valence-electron chi connectivity index (χ4n) is 2.26. The number of hydrogen-bond acceptors (Lipinski definition) is 3. The molecule has 3 heteroatoms. The first-order chi connectivity index (χ1) is 8.20. The lowest BCUT2D eigenvalue weighted by molar-refractivity contribution is 0.413. The van der Waals surface area contributed by atoms with E-state index in [-0.39, 0.29) is 0 Å². The maximum atomic E-state index is 5.18. The molecule has 0 aliphatic carbocycles. The van der Waals surface area contributed by atoms with Crippen LogP contribution in [-0.4, -0.2) is 24.2 Å². The molecule has 0 aromatic heterocycles. The summed E-state index contributed by atoms with van der Waals surface area (Å²) in [5.41, 5.74) is 1.33. The molecule has 2 nitrogen and oxygen atoms in total. The monoisotopic (exact) mass is 251 g/mol. The van der Waals surface area contributed by atoms with Crippen LogP contribution in [0.3, 0.4) is 0 Å². The third kappa shape index (κ3) is 3.17. The van der Waals surface area contributed by atoms with Crippen molar-refractivity contribution in [3.63, 3.8) is 0 Å². The molecule has 1 fully saturated rings. The first-order valence-electron chi connectivity index (χ1n) is 6.22. The molecule has 0 amide bonds. The number of hydrogen-bond donors (Lipinski definition) is 1. The molecule has 1 heterocycles. The van der Waals surface area contributed by atoms with E-state index in [9.17, 15) is 0 Å². The SMILES string of the molecule is COc1ccc([C@H](C)NC2CCSC2C)cc1. The van der Waals surface area contributed by atoms with Crippen molar-refractivity contribution in [2.45, 2.75) is 37.6 Å². The van der Waals surface area contributed by atoms with Gasteiger partial charge in [-0.2, -0.15) is 11.8 Å². The van der Waals surface area contributed by atoms with Crippen LogP contribution in [0, 0.1) is 0 Å². The molecular formula is C14H21NOS. The zero-order valence-electron chi connectivity index (χ0n) is 10.8. The minimum Gasteiger partial charge on any atom is -0.497 e. The van der Waals surface area contributed by atoms with Crippen molar-refractivity contribution in [2.75, 3.05) is 12.9 Å². The molecule has 2 unspecified atom stereocenters. The van der Waals surface area contributed by atoms with E-state index in [1.807, 2.05) is 12.1 Å². The highest BCUT2D eigenvalue weighted by Crippen LogP contribution is 2.28. The maximum Gasteiger partial charge on any atom is 0.118 e. The van der Waals surface area contributed by atoms with Gasteiger partial charge in [0, 0.05) is 17.3 Å². The van der Waals surface area contributed by atoms with Gasteiger partial charge in [0.1, 0.15) is 5.75 Å². The van der Waals surface area contributed by atoms with Gasteiger partial charge in [-0.3, -0.25) is 0 Å². The predicted molar refractivity (Wildman–Crippen MR) is 74.9 cm³/mol. The topological polar surface area (TPSA) is 21.3 Å². The molecule has 94 valence electrons. The van der Waals surface area contributed by atoms with Gasteiger partial charge < -0.3 is 10.1 Å². The van der Waals surface area contributed by atoms with Crippen molar-refractivity contribution >= 4 is 11.8 Å². The molecule has 2 rings (SSSR count). The second kappa shape index (κ2) is 5.78. The molecular weight excluding hydrogens is 230 g/mol. The minimum absolute atomic E-state index is 0.409. The molecule has 1 aliphatic rings. The Labute approximate surface area is 108 Å². The molecule has 1 aromatic rings. The molecule has 0 spiro atoms. The van der Waals surface area contributed by atoms with Gasteiger partial charge >= 0.3 is 0 Å². The highest BCUT2D eigenvalue weighted by atomic mass is 32.2. The average molecular weight is 251 g/mol. The van der Waals surface area contributed by atoms with Crippen LogP contribution in [0.2, 0.25) is 0 Å². The fraction of sp³-hybridized carbons (Fsp3) is 0.571. The summed E-state index contributed by atoms with van der Waals surface area (Å²) in [5.74, 6) is 2.21. The van der Waals surface area contributed by atoms with Crippen LogP contribution in [0.4, 0.5) is 0 Å². The van der Waals surface area contributed by atoms with E-state index in [0.29, 0.717) is 12.1 Å². The molecule has 0 radical (unpaired) electrons. The lowest BCUT2D eigenvalue weighted by atomic mass is 10.1. The van der Waals surface area contributed by atoms with Crippen LogP contribution < -0.4 is 10.1 Å². The van der Waals surface area contributed by atoms with Crippen molar-refractivity contribution in [3.05, 3.63) is 29.8 Å². The van der Waals surface area contributed by atoms with E-state index in [1.54, 1.807) is 7.11 Å². The molecule has 0 saturated carbocycles. The highest BCUT2D eigenvalue weighted by Gasteiger charge is 2.25. The lowest BCUT2D eigenvalue weighted by Gasteiger charge is -2.22. The minimum atomic E-state index is 0.409. The van der Waals surface area contributed by atoms with Gasteiger partial charge in [-0.1, -0.05) is 19.1 Å². The normalized spacial score (nSPS) is 25.8. The van der Waals surface area contributed by atoms with Crippen LogP contribution in [0.15, 0.2) is 24.3 Å². The van der Waals surface area contributed by atoms with E-state index in [0.717, 1.165) is 11.0 Å². The van der Waals surface area contributed by atoms with Crippen molar-refractivity contribution in [1.82, 2.24) is 5.32 Å². The Kier molecular flexibility index (Phi) is 4.35. The van der Waals surface area contributed by atoms with Gasteiger partial charge in [0.15, 0.2) is 0 Å². The summed E-state index contributed by atoms with van der Waals surface area (Å²) in [7, 11) is 1.70. The molecule has 17 heavy (non-hydrogen) atoms. The number of methoxy groups -OCH3 is 1. The quantitative estimate of drug-likeness (QED) is 0.887. The van der Waals surface area contributed by atoms with Gasteiger partial charge in [-0.05, 0) is 36.8 Å². The molecule has 0 bridgehead atoms. The number of thioether (sulfide) groups is 1. The number of benzene rings is 1. The maximum absolute atomic E-state index is 5.18. The smallest absolute Gasteiger partial charge is 0.118 e. The molecule has 1 aliphatic heterocycles. The Bertz CT molecular complexity index is 352. The largest absolute Gasteiger partial charge is 0.497 e. The van der Waals surface area contributed by atoms with Crippen LogP contribution in [0.1, 0.15) is 31.9 Å². The third-order valence-electron chi connectivity index (χ3n) is 3.46. The fourth-order valence-corrected chi connectivity index (χ4v) is 3.47. The third-order valence-corrected chi connectivity index (χ3v) is 4.78. The summed E-state index contributed by atoms with van der Waals surface area (Å²) in [6.07, 6.45) is 1.28. The lowest BCUT2D eigenvalue weighted by Crippen LogP contribution is -2.35. The Morgan fingerprint density at radius 3 is 2.59 bits per heavy atom. The summed E-state index contributed by atoms with van der Waals surface area (Å²) < 4.78 is 5.18. The van der Waals surface area contributed by atoms with Gasteiger partial charge in [0.2, 0.25) is 0 Å². The first-order valence-corrected chi connectivity index (χ1v) is 7.27. The van der Waals surface area contributed by atoms with Gasteiger partial charge in [-0.25, -0.2) is 0 Å². The molecule has 3 atom stereocenters. The van der Waals surface area contributed by atoms with E-state index in [2.05, 4.69) is 43.1 Å². The van der Waals surface area contributed by atoms with E-state index < -0.39 is 0 Å². The Hall–Kier alpha value is -0.670. The standard InChI is InChI=1S/C14H21NOS/c1-10(15-14-8-9-17-11(14)2)12-4-6-13(16-3)7-5-12/h4-7,10-11,14-15H,8-9H2,1-3H3/t10-,11?,14?/m0/s1. The van der Waals surface area contributed by atoms with Crippen LogP contribution in [0.5, 0.6) is 5.75 Å². The highest BCUT2D eigenvalue weighted by molar-refractivity contribution is 8.00. The summed E-state index contributed by atoms with van der Waals surface area (Å²) >= 11 is 2.07. The zero-order valence-corrected chi connectivity index (χ0v) is 11.6. The molecule has 1 aromatic carbocycles. The molecule has 1 saturated heterocycles. The Morgan fingerprint density at radius 2 is 2.06 bits per heavy atom. The summed E-state index contributed by atoms with van der Waals surface area (Å²) in [6, 6.07) is 9.40. The van der Waals surface area contributed by atoms with E-state index in [4.69, 9.17) is 4.74 Å². The van der Waals surface area contributed by atoms with Crippen molar-refractivity contribution in [3.8, 4) is 5.75 Å². The van der Waals surface area contributed by atoms with E-state index >= 15 is 0 Å². The average Bonchev–Trinajstić information content (AvgIpc) is 2.75. The first kappa shape index (κ1) is 12.8. The molecule has 1 N–H and O–H groups in total. The van der Waals surface area contributed by atoms with Crippen LogP contribution >= 0.6 is 11.8 Å². The Balaban J connectivity index is 1.96. The van der Waals surface area contributed by atoms with Gasteiger partial charge in [0.25, 0.3) is 0 Å². The second-order valence-electron chi connectivity index (χ2n) is 4.63. The summed E-state index contributed by atoms with van der Waals surface area (Å²) in [6.45, 7) is 4.55. The van der Waals surface area contributed by atoms with Crippen LogP contribution in [-0.2, 0) is 0 Å². The van der Waals surface area contributed by atoms with Crippen molar-refractivity contribution < 1.29 is 4.74 Å². The Morgan fingerprint density at radius 1 is 1.35 bits per heavy atom. The van der Waals surface area contributed by atoms with Crippen LogP contribution in [0.25, 0.3) is 0 Å². The zero-order chi connectivity index (χ0) is 12.3. The number of ether oxygens (including phenoxy) is 1. The second-order valence-corrected chi connectivity index (χ2v) is 6.12. The predicted octanol–water partition coefficient (Wildman–Crippen LogP) is 3.24. The van der Waals surface area contributed by atoms with Crippen molar-refractivity contribution in [1.29, 1.82) is 0 Å². The number of nitrogens with one attached hydrogen (secondary N) is 1.